The molecule has 0 aliphatic rings. The minimum absolute atomic E-state index is 0.194. The average molecular weight is 212 g/mol. The largest absolute Gasteiger partial charge is 0.389 e. The van der Waals surface area contributed by atoms with Crippen LogP contribution in [0.15, 0.2) is 10.6 Å². The summed E-state index contributed by atoms with van der Waals surface area (Å²) >= 11 is 0. The predicted octanol–water partition coefficient (Wildman–Crippen LogP) is 0.826. The fourth-order valence-electron chi connectivity index (χ4n) is 1.30. The van der Waals surface area contributed by atoms with Gasteiger partial charge in [-0.3, -0.25) is 4.79 Å². The molecule has 1 rings (SSSR count). The SMILES string of the molecule is Cc1cc(C(=O)N(C)CC(C)(C)O)on1. The van der Waals surface area contributed by atoms with Crippen molar-refractivity contribution in [2.75, 3.05) is 13.6 Å². The van der Waals surface area contributed by atoms with E-state index in [9.17, 15) is 9.90 Å². The zero-order valence-electron chi connectivity index (χ0n) is 9.44. The Hall–Kier alpha value is -1.36. The smallest absolute Gasteiger partial charge is 0.292 e. The Morgan fingerprint density at radius 1 is 1.67 bits per heavy atom. The zero-order chi connectivity index (χ0) is 11.6. The van der Waals surface area contributed by atoms with Crippen LogP contribution in [0.1, 0.15) is 30.1 Å². The van der Waals surface area contributed by atoms with Crippen molar-refractivity contribution in [3.8, 4) is 0 Å². The molecule has 1 aromatic heterocycles. The van der Waals surface area contributed by atoms with Gasteiger partial charge in [0.1, 0.15) is 0 Å². The molecule has 0 aromatic carbocycles. The normalized spacial score (nSPS) is 11.5. The van der Waals surface area contributed by atoms with E-state index in [2.05, 4.69) is 5.16 Å². The third-order valence-electron chi connectivity index (χ3n) is 1.81. The van der Waals surface area contributed by atoms with Crippen LogP contribution < -0.4 is 0 Å². The number of aliphatic hydroxyl groups is 1. The van der Waals surface area contributed by atoms with Gasteiger partial charge in [0.05, 0.1) is 11.3 Å². The molecule has 5 heteroatoms. The number of likely N-dealkylation sites (N-methyl/N-ethyl adjacent to an activating group) is 1. The maximum atomic E-state index is 11.7. The Bertz CT molecular complexity index is 352. The van der Waals surface area contributed by atoms with Crippen molar-refractivity contribution >= 4 is 5.91 Å². The second kappa shape index (κ2) is 4.02. The minimum atomic E-state index is -0.917. The van der Waals surface area contributed by atoms with Crippen LogP contribution in [0.25, 0.3) is 0 Å². The molecule has 0 unspecified atom stereocenters. The molecule has 0 spiro atoms. The maximum absolute atomic E-state index is 11.7. The van der Waals surface area contributed by atoms with Crippen LogP contribution in [-0.4, -0.2) is 40.3 Å². The van der Waals surface area contributed by atoms with Crippen LogP contribution in [0, 0.1) is 6.92 Å². The predicted molar refractivity (Wildman–Crippen MR) is 54.5 cm³/mol. The fraction of sp³-hybridized carbons (Fsp3) is 0.600. The van der Waals surface area contributed by atoms with Crippen molar-refractivity contribution in [2.24, 2.45) is 0 Å². The van der Waals surface area contributed by atoms with Crippen molar-refractivity contribution in [3.05, 3.63) is 17.5 Å². The highest BCUT2D eigenvalue weighted by atomic mass is 16.5. The van der Waals surface area contributed by atoms with Gasteiger partial charge in [-0.2, -0.15) is 0 Å². The molecule has 0 radical (unpaired) electrons. The third kappa shape index (κ3) is 3.36. The van der Waals surface area contributed by atoms with E-state index < -0.39 is 5.60 Å². The van der Waals surface area contributed by atoms with Crippen LogP contribution in [0.4, 0.5) is 0 Å². The highest BCUT2D eigenvalue weighted by Gasteiger charge is 2.22. The highest BCUT2D eigenvalue weighted by Crippen LogP contribution is 2.09. The number of nitrogens with zero attached hydrogens (tertiary/aromatic N) is 2. The van der Waals surface area contributed by atoms with E-state index >= 15 is 0 Å². The number of aryl methyl sites for hydroxylation is 1. The summed E-state index contributed by atoms with van der Waals surface area (Å²) in [6, 6.07) is 1.57. The number of carbonyl (C=O) groups excluding carboxylic acids is 1. The van der Waals surface area contributed by atoms with Crippen LogP contribution in [0.5, 0.6) is 0 Å². The summed E-state index contributed by atoms with van der Waals surface area (Å²) in [4.78, 5) is 13.1. The van der Waals surface area contributed by atoms with Gasteiger partial charge in [0.15, 0.2) is 0 Å². The van der Waals surface area contributed by atoms with Gasteiger partial charge in [0.25, 0.3) is 5.91 Å². The van der Waals surface area contributed by atoms with Gasteiger partial charge in [-0.05, 0) is 20.8 Å². The third-order valence-corrected chi connectivity index (χ3v) is 1.81. The standard InChI is InChI=1S/C10H16N2O3/c1-7-5-8(15-11-7)9(13)12(4)6-10(2,3)14/h5,14H,6H2,1-4H3. The van der Waals surface area contributed by atoms with Gasteiger partial charge in [0, 0.05) is 19.7 Å². The summed E-state index contributed by atoms with van der Waals surface area (Å²) in [6.45, 7) is 5.27. The van der Waals surface area contributed by atoms with E-state index in [1.54, 1.807) is 33.9 Å². The Kier molecular flexibility index (Phi) is 3.14. The molecule has 1 amide bonds. The van der Waals surface area contributed by atoms with Gasteiger partial charge in [-0.1, -0.05) is 5.16 Å². The molecule has 0 bridgehead atoms. The van der Waals surface area contributed by atoms with Crippen molar-refractivity contribution < 1.29 is 14.4 Å². The summed E-state index contributed by atoms with van der Waals surface area (Å²) in [6.07, 6.45) is 0. The molecule has 0 aliphatic carbocycles. The van der Waals surface area contributed by atoms with Gasteiger partial charge in [0.2, 0.25) is 5.76 Å². The van der Waals surface area contributed by atoms with E-state index in [4.69, 9.17) is 4.52 Å². The van der Waals surface area contributed by atoms with E-state index in [0.29, 0.717) is 5.69 Å². The molecule has 0 atom stereocenters. The van der Waals surface area contributed by atoms with Gasteiger partial charge in [-0.15, -0.1) is 0 Å². The molecule has 0 fully saturated rings. The minimum Gasteiger partial charge on any atom is -0.389 e. The Morgan fingerprint density at radius 2 is 2.27 bits per heavy atom. The summed E-state index contributed by atoms with van der Waals surface area (Å²) in [7, 11) is 1.61. The van der Waals surface area contributed by atoms with E-state index in [-0.39, 0.29) is 18.2 Å². The van der Waals surface area contributed by atoms with E-state index in [1.807, 2.05) is 0 Å². The lowest BCUT2D eigenvalue weighted by Gasteiger charge is -2.24. The number of amides is 1. The van der Waals surface area contributed by atoms with Crippen molar-refractivity contribution in [3.63, 3.8) is 0 Å². The number of hydrogen-bond acceptors (Lipinski definition) is 4. The lowest BCUT2D eigenvalue weighted by atomic mass is 10.1. The van der Waals surface area contributed by atoms with Crippen LogP contribution >= 0.6 is 0 Å². The first-order valence-electron chi connectivity index (χ1n) is 4.71. The van der Waals surface area contributed by atoms with E-state index in [1.165, 1.54) is 4.90 Å². The Morgan fingerprint density at radius 3 is 2.67 bits per heavy atom. The van der Waals surface area contributed by atoms with Crippen molar-refractivity contribution in [1.29, 1.82) is 0 Å². The molecule has 0 aliphatic heterocycles. The average Bonchev–Trinajstić information content (AvgIpc) is 2.47. The summed E-state index contributed by atoms with van der Waals surface area (Å²) in [5.74, 6) is -0.0861. The number of carbonyl (C=O) groups is 1. The fourth-order valence-corrected chi connectivity index (χ4v) is 1.30. The van der Waals surface area contributed by atoms with Crippen LogP contribution in [0.3, 0.4) is 0 Å². The second-order valence-electron chi connectivity index (χ2n) is 4.31. The Labute approximate surface area is 88.7 Å². The van der Waals surface area contributed by atoms with Crippen LogP contribution in [-0.2, 0) is 0 Å². The molecule has 1 heterocycles. The second-order valence-corrected chi connectivity index (χ2v) is 4.31. The highest BCUT2D eigenvalue weighted by molar-refractivity contribution is 5.91. The molecular formula is C10H16N2O3. The summed E-state index contributed by atoms with van der Waals surface area (Å²) < 4.78 is 4.84. The van der Waals surface area contributed by atoms with Crippen molar-refractivity contribution in [1.82, 2.24) is 10.1 Å². The first-order valence-corrected chi connectivity index (χ1v) is 4.71. The quantitative estimate of drug-likeness (QED) is 0.805. The Balaban J connectivity index is 2.69. The molecule has 0 saturated carbocycles. The summed E-state index contributed by atoms with van der Waals surface area (Å²) in [5, 5.41) is 13.2. The first kappa shape index (κ1) is 11.7. The zero-order valence-corrected chi connectivity index (χ0v) is 9.44. The van der Waals surface area contributed by atoms with Gasteiger partial charge in [-0.25, -0.2) is 0 Å². The van der Waals surface area contributed by atoms with Crippen LogP contribution in [0.2, 0.25) is 0 Å². The van der Waals surface area contributed by atoms with Gasteiger partial charge >= 0.3 is 0 Å². The lowest BCUT2D eigenvalue weighted by molar-refractivity contribution is 0.0347. The molecule has 1 N–H and O–H groups in total. The molecule has 84 valence electrons. The number of aromatic nitrogens is 1. The summed E-state index contributed by atoms with van der Waals surface area (Å²) in [5.41, 5.74) is -0.255. The number of hydrogen-bond donors (Lipinski definition) is 1. The lowest BCUT2D eigenvalue weighted by Crippen LogP contribution is -2.39. The topological polar surface area (TPSA) is 66.6 Å². The molecular weight excluding hydrogens is 196 g/mol. The molecule has 15 heavy (non-hydrogen) atoms. The van der Waals surface area contributed by atoms with Crippen molar-refractivity contribution in [2.45, 2.75) is 26.4 Å². The van der Waals surface area contributed by atoms with Gasteiger partial charge < -0.3 is 14.5 Å². The van der Waals surface area contributed by atoms with E-state index in [0.717, 1.165) is 0 Å². The molecule has 0 saturated heterocycles. The molecule has 5 nitrogen and oxygen atoms in total. The first-order chi connectivity index (χ1) is 6.79. The molecule has 1 aromatic rings. The number of rotatable bonds is 3. The maximum Gasteiger partial charge on any atom is 0.292 e. The monoisotopic (exact) mass is 212 g/mol.